The van der Waals surface area contributed by atoms with E-state index in [0.29, 0.717) is 19.8 Å². The predicted octanol–water partition coefficient (Wildman–Crippen LogP) is 0.303. The minimum absolute atomic E-state index is 0.00664. The third kappa shape index (κ3) is 3.32. The molecule has 1 rings (SSSR count). The van der Waals surface area contributed by atoms with Crippen molar-refractivity contribution in [2.75, 3.05) is 19.8 Å². The highest BCUT2D eigenvalue weighted by molar-refractivity contribution is 5.72. The molecule has 13 heavy (non-hydrogen) atoms. The highest BCUT2D eigenvalue weighted by Crippen LogP contribution is 2.12. The van der Waals surface area contributed by atoms with Crippen LogP contribution >= 0.6 is 0 Å². The van der Waals surface area contributed by atoms with Crippen LogP contribution in [0, 0.1) is 5.92 Å². The molecule has 4 nitrogen and oxygen atoms in total. The Morgan fingerprint density at radius 3 is 2.85 bits per heavy atom. The lowest BCUT2D eigenvalue weighted by Gasteiger charge is -2.26. The molecule has 1 atom stereocenters. The van der Waals surface area contributed by atoms with Crippen molar-refractivity contribution in [2.24, 2.45) is 11.7 Å². The summed E-state index contributed by atoms with van der Waals surface area (Å²) in [5.41, 5.74) is 5.34. The van der Waals surface area contributed by atoms with Crippen molar-refractivity contribution in [3.63, 3.8) is 0 Å². The van der Waals surface area contributed by atoms with Crippen LogP contribution in [0.3, 0.4) is 0 Å². The molecule has 1 saturated heterocycles. The Hall–Kier alpha value is -0.610. The fourth-order valence-electron chi connectivity index (χ4n) is 1.10. The molecule has 0 aliphatic carbocycles. The van der Waals surface area contributed by atoms with Crippen molar-refractivity contribution >= 4 is 5.97 Å². The van der Waals surface area contributed by atoms with Crippen LogP contribution in [0.15, 0.2) is 0 Å². The Kier molecular flexibility index (Phi) is 4.18. The summed E-state index contributed by atoms with van der Waals surface area (Å²) in [7, 11) is 0. The van der Waals surface area contributed by atoms with Crippen LogP contribution in [0.25, 0.3) is 0 Å². The molecule has 0 aromatic rings. The molecule has 0 amide bonds. The minimum Gasteiger partial charge on any atom is -0.457 e. The maximum atomic E-state index is 11.3. The molecule has 1 unspecified atom stereocenters. The van der Waals surface area contributed by atoms with E-state index < -0.39 is 0 Å². The van der Waals surface area contributed by atoms with Crippen LogP contribution in [-0.2, 0) is 14.3 Å². The molecular formula is C9H17NO3. The van der Waals surface area contributed by atoms with Gasteiger partial charge in [0.15, 0.2) is 0 Å². The zero-order valence-corrected chi connectivity index (χ0v) is 7.99. The monoisotopic (exact) mass is 187 g/mol. The van der Waals surface area contributed by atoms with Crippen molar-refractivity contribution in [1.29, 1.82) is 0 Å². The van der Waals surface area contributed by atoms with Crippen LogP contribution in [0.2, 0.25) is 0 Å². The number of ether oxygens (including phenoxy) is 2. The van der Waals surface area contributed by atoms with E-state index in [1.165, 1.54) is 0 Å². The fraction of sp³-hybridized carbons (Fsp3) is 0.889. The summed E-state index contributed by atoms with van der Waals surface area (Å²) in [5.74, 6) is -0.161. The first-order valence-corrected chi connectivity index (χ1v) is 4.72. The summed E-state index contributed by atoms with van der Waals surface area (Å²) >= 11 is 0. The summed E-state index contributed by atoms with van der Waals surface area (Å²) in [6.07, 6.45) is 1.67. The minimum atomic E-state index is -0.123. The first-order chi connectivity index (χ1) is 6.24. The van der Waals surface area contributed by atoms with Gasteiger partial charge in [-0.3, -0.25) is 4.79 Å². The average molecular weight is 187 g/mol. The quantitative estimate of drug-likeness (QED) is 0.629. The lowest BCUT2D eigenvalue weighted by molar-refractivity contribution is -0.176. The van der Waals surface area contributed by atoms with Gasteiger partial charge in [0.25, 0.3) is 0 Å². The third-order valence-corrected chi connectivity index (χ3v) is 2.13. The van der Waals surface area contributed by atoms with Crippen LogP contribution in [0.1, 0.15) is 19.8 Å². The molecule has 4 heteroatoms. The third-order valence-electron chi connectivity index (χ3n) is 2.13. The van der Waals surface area contributed by atoms with Crippen molar-refractivity contribution in [3.05, 3.63) is 0 Å². The van der Waals surface area contributed by atoms with Gasteiger partial charge in [0.05, 0.1) is 19.1 Å². The van der Waals surface area contributed by atoms with Crippen LogP contribution < -0.4 is 5.73 Å². The lowest BCUT2D eigenvalue weighted by Crippen LogP contribution is -2.39. The second kappa shape index (κ2) is 5.19. The number of rotatable bonds is 5. The van der Waals surface area contributed by atoms with Crippen molar-refractivity contribution in [1.82, 2.24) is 0 Å². The summed E-state index contributed by atoms with van der Waals surface area (Å²) in [6.45, 7) is 3.60. The summed E-state index contributed by atoms with van der Waals surface area (Å²) in [5, 5.41) is 0. The van der Waals surface area contributed by atoms with Crippen LogP contribution in [-0.4, -0.2) is 31.8 Å². The Bertz CT molecular complexity index is 168. The average Bonchev–Trinajstić information content (AvgIpc) is 2.06. The zero-order chi connectivity index (χ0) is 9.68. The number of nitrogens with two attached hydrogens (primary N) is 1. The molecular weight excluding hydrogens is 170 g/mol. The number of hydrogen-bond acceptors (Lipinski definition) is 4. The van der Waals surface area contributed by atoms with Gasteiger partial charge in [0.2, 0.25) is 0 Å². The van der Waals surface area contributed by atoms with E-state index in [-0.39, 0.29) is 18.0 Å². The maximum Gasteiger partial charge on any atom is 0.309 e. The molecule has 0 aromatic carbocycles. The zero-order valence-electron chi connectivity index (χ0n) is 7.99. The summed E-state index contributed by atoms with van der Waals surface area (Å²) in [6, 6.07) is 0. The summed E-state index contributed by atoms with van der Waals surface area (Å²) < 4.78 is 10.0. The highest BCUT2D eigenvalue weighted by Gasteiger charge is 2.25. The first-order valence-electron chi connectivity index (χ1n) is 4.72. The van der Waals surface area contributed by atoms with Gasteiger partial charge in [-0.15, -0.1) is 0 Å². The Morgan fingerprint density at radius 2 is 2.38 bits per heavy atom. The Labute approximate surface area is 78.4 Å². The smallest absolute Gasteiger partial charge is 0.309 e. The number of esters is 1. The van der Waals surface area contributed by atoms with Gasteiger partial charge in [-0.1, -0.05) is 6.92 Å². The molecule has 1 aliphatic heterocycles. The second-order valence-corrected chi connectivity index (χ2v) is 3.43. The standard InChI is InChI=1S/C9H17NO3/c1-7(3-2-4-10)9(11)13-8-5-12-6-8/h7-8H,2-6,10H2,1H3. The highest BCUT2D eigenvalue weighted by atomic mass is 16.6. The Morgan fingerprint density at radius 1 is 1.69 bits per heavy atom. The SMILES string of the molecule is CC(CCCN)C(=O)OC1COC1. The van der Waals surface area contributed by atoms with E-state index in [4.69, 9.17) is 15.2 Å². The number of carbonyl (C=O) groups excluding carboxylic acids is 1. The number of hydrogen-bond donors (Lipinski definition) is 1. The van der Waals surface area contributed by atoms with Gasteiger partial charge in [-0.05, 0) is 19.4 Å². The molecule has 2 N–H and O–H groups in total. The van der Waals surface area contributed by atoms with Gasteiger partial charge < -0.3 is 15.2 Å². The van der Waals surface area contributed by atoms with Crippen molar-refractivity contribution in [3.8, 4) is 0 Å². The normalized spacial score (nSPS) is 19.2. The van der Waals surface area contributed by atoms with Crippen LogP contribution in [0.5, 0.6) is 0 Å². The molecule has 0 spiro atoms. The Balaban J connectivity index is 2.13. The molecule has 0 bridgehead atoms. The van der Waals surface area contributed by atoms with E-state index in [1.807, 2.05) is 6.92 Å². The molecule has 76 valence electrons. The van der Waals surface area contributed by atoms with Crippen molar-refractivity contribution in [2.45, 2.75) is 25.9 Å². The second-order valence-electron chi connectivity index (χ2n) is 3.43. The maximum absolute atomic E-state index is 11.3. The van der Waals surface area contributed by atoms with E-state index in [0.717, 1.165) is 12.8 Å². The fourth-order valence-corrected chi connectivity index (χ4v) is 1.10. The predicted molar refractivity (Wildman–Crippen MR) is 48.2 cm³/mol. The lowest BCUT2D eigenvalue weighted by atomic mass is 10.1. The van der Waals surface area contributed by atoms with Gasteiger partial charge in [0.1, 0.15) is 6.10 Å². The largest absolute Gasteiger partial charge is 0.457 e. The van der Waals surface area contributed by atoms with E-state index >= 15 is 0 Å². The molecule has 1 fully saturated rings. The van der Waals surface area contributed by atoms with Crippen LogP contribution in [0.4, 0.5) is 0 Å². The van der Waals surface area contributed by atoms with E-state index in [9.17, 15) is 4.79 Å². The summed E-state index contributed by atoms with van der Waals surface area (Å²) in [4.78, 5) is 11.3. The van der Waals surface area contributed by atoms with Gasteiger partial charge in [-0.2, -0.15) is 0 Å². The van der Waals surface area contributed by atoms with Gasteiger partial charge in [0, 0.05) is 0 Å². The molecule has 0 radical (unpaired) electrons. The van der Waals surface area contributed by atoms with Gasteiger partial charge in [-0.25, -0.2) is 0 Å². The molecule has 1 aliphatic rings. The topological polar surface area (TPSA) is 61.6 Å². The molecule has 1 heterocycles. The van der Waals surface area contributed by atoms with E-state index in [2.05, 4.69) is 0 Å². The number of carbonyl (C=O) groups is 1. The first kappa shape index (κ1) is 10.5. The molecule has 0 aromatic heterocycles. The van der Waals surface area contributed by atoms with Crippen molar-refractivity contribution < 1.29 is 14.3 Å². The molecule has 0 saturated carbocycles. The van der Waals surface area contributed by atoms with Gasteiger partial charge >= 0.3 is 5.97 Å². The van der Waals surface area contributed by atoms with E-state index in [1.54, 1.807) is 0 Å².